The summed E-state index contributed by atoms with van der Waals surface area (Å²) in [6.07, 6.45) is 14.4. The van der Waals surface area contributed by atoms with Crippen LogP contribution in [0, 0.1) is 18.3 Å². The molecular weight excluding hydrogens is 342 g/mol. The van der Waals surface area contributed by atoms with Gasteiger partial charge in [-0.1, -0.05) is 30.2 Å². The molecule has 5 rings (SSSR count). The molecule has 28 heavy (non-hydrogen) atoms. The number of nitrogens with zero attached hydrogens (tertiary/aromatic N) is 3. The van der Waals surface area contributed by atoms with E-state index in [1.54, 1.807) is 5.57 Å². The number of allylic oxidation sites excluding steroid dienone is 1. The molecule has 0 aliphatic heterocycles. The summed E-state index contributed by atoms with van der Waals surface area (Å²) in [5.41, 5.74) is 8.34. The molecule has 3 nitrogen and oxygen atoms in total. The number of pyridine rings is 1. The molecule has 0 bridgehead atoms. The van der Waals surface area contributed by atoms with Crippen LogP contribution in [0.4, 0.5) is 0 Å². The molecule has 0 N–H and O–H groups in total. The second kappa shape index (κ2) is 6.73. The van der Waals surface area contributed by atoms with Gasteiger partial charge < -0.3 is 0 Å². The smallest absolute Gasteiger partial charge is 0.0700 e. The van der Waals surface area contributed by atoms with Crippen molar-refractivity contribution in [3.05, 3.63) is 82.9 Å². The lowest BCUT2D eigenvalue weighted by molar-refractivity contribution is 0.180. The molecule has 0 saturated heterocycles. The van der Waals surface area contributed by atoms with Gasteiger partial charge in [0.2, 0.25) is 0 Å². The van der Waals surface area contributed by atoms with Crippen LogP contribution in [0.3, 0.4) is 0 Å². The number of hydrogen-bond acceptors (Lipinski definition) is 2. The number of benzene rings is 1. The predicted octanol–water partition coefficient (Wildman–Crippen LogP) is 5.56. The minimum Gasteiger partial charge on any atom is -0.265 e. The van der Waals surface area contributed by atoms with Gasteiger partial charge in [-0.15, -0.1) is 0 Å². The minimum atomic E-state index is 0.232. The molecule has 0 spiro atoms. The first kappa shape index (κ1) is 17.4. The van der Waals surface area contributed by atoms with Gasteiger partial charge in [-0.2, -0.15) is 5.10 Å². The quantitative estimate of drug-likeness (QED) is 0.605. The highest BCUT2D eigenvalue weighted by Gasteiger charge is 2.43. The van der Waals surface area contributed by atoms with Crippen molar-refractivity contribution in [3.63, 3.8) is 0 Å². The van der Waals surface area contributed by atoms with Crippen LogP contribution in [0.2, 0.25) is 0 Å². The van der Waals surface area contributed by atoms with Crippen molar-refractivity contribution in [2.45, 2.75) is 46.0 Å². The van der Waals surface area contributed by atoms with E-state index in [1.807, 2.05) is 12.4 Å². The Balaban J connectivity index is 1.50. The summed E-state index contributed by atoms with van der Waals surface area (Å²) in [6, 6.07) is 13.0. The lowest BCUT2D eigenvalue weighted by Gasteiger charge is -2.46. The van der Waals surface area contributed by atoms with Crippen molar-refractivity contribution in [2.75, 3.05) is 0 Å². The van der Waals surface area contributed by atoms with E-state index < -0.39 is 0 Å². The zero-order valence-electron chi connectivity index (χ0n) is 16.7. The summed E-state index contributed by atoms with van der Waals surface area (Å²) in [6.45, 7) is 4.61. The Morgan fingerprint density at radius 1 is 1.11 bits per heavy atom. The van der Waals surface area contributed by atoms with Crippen LogP contribution in [-0.4, -0.2) is 14.8 Å². The molecule has 2 unspecified atom stereocenters. The van der Waals surface area contributed by atoms with Gasteiger partial charge in [0.1, 0.15) is 0 Å². The molecule has 1 aromatic carbocycles. The van der Waals surface area contributed by atoms with Crippen molar-refractivity contribution < 1.29 is 0 Å². The molecule has 2 aliphatic carbocycles. The lowest BCUT2D eigenvalue weighted by Crippen LogP contribution is -2.38. The van der Waals surface area contributed by atoms with Gasteiger partial charge in [-0.05, 0) is 91.8 Å². The third-order valence-electron chi connectivity index (χ3n) is 6.90. The van der Waals surface area contributed by atoms with E-state index in [1.165, 1.54) is 41.6 Å². The van der Waals surface area contributed by atoms with Crippen LogP contribution in [0.15, 0.2) is 60.6 Å². The van der Waals surface area contributed by atoms with Gasteiger partial charge in [-0.3, -0.25) is 4.98 Å². The van der Waals surface area contributed by atoms with E-state index in [4.69, 9.17) is 5.10 Å². The molecular formula is C25H27N3. The standard InChI is InChI=1S/C25H27N3/c1-18-6-8-23(9-7-18)28-24-15-22-5-3-4-21(14-19-10-12-26-13-11-19)25(22,2)16-20(24)17-27-28/h6-13,15,17,21H,3-5,14,16H2,1-2H3. The zero-order valence-corrected chi connectivity index (χ0v) is 16.7. The average Bonchev–Trinajstić information content (AvgIpc) is 3.10. The van der Waals surface area contributed by atoms with E-state index >= 15 is 0 Å². The second-order valence-corrected chi connectivity index (χ2v) is 8.71. The van der Waals surface area contributed by atoms with E-state index in [9.17, 15) is 0 Å². The SMILES string of the molecule is Cc1ccc(-n2ncc3c2C=C2CCCC(Cc4ccncc4)C2(C)C3)cc1. The second-order valence-electron chi connectivity index (χ2n) is 8.71. The van der Waals surface area contributed by atoms with Crippen molar-refractivity contribution in [2.24, 2.45) is 11.3 Å². The summed E-state index contributed by atoms with van der Waals surface area (Å²) in [4.78, 5) is 4.18. The third kappa shape index (κ3) is 2.90. The molecule has 0 amide bonds. The number of rotatable bonds is 3. The molecule has 0 radical (unpaired) electrons. The van der Waals surface area contributed by atoms with Gasteiger partial charge in [0.05, 0.1) is 17.6 Å². The maximum absolute atomic E-state index is 4.76. The van der Waals surface area contributed by atoms with E-state index in [0.717, 1.165) is 18.5 Å². The van der Waals surface area contributed by atoms with E-state index in [0.29, 0.717) is 5.92 Å². The van der Waals surface area contributed by atoms with Crippen LogP contribution in [0.1, 0.15) is 48.6 Å². The monoisotopic (exact) mass is 369 g/mol. The minimum absolute atomic E-state index is 0.232. The van der Waals surface area contributed by atoms with E-state index in [2.05, 4.69) is 72.2 Å². The van der Waals surface area contributed by atoms with Crippen molar-refractivity contribution in [1.82, 2.24) is 14.8 Å². The van der Waals surface area contributed by atoms with Crippen LogP contribution >= 0.6 is 0 Å². The number of fused-ring (bicyclic) bond motifs is 2. The fourth-order valence-electron chi connectivity index (χ4n) is 5.17. The Morgan fingerprint density at radius 3 is 2.68 bits per heavy atom. The predicted molar refractivity (Wildman–Crippen MR) is 113 cm³/mol. The lowest BCUT2D eigenvalue weighted by atomic mass is 9.58. The van der Waals surface area contributed by atoms with Crippen molar-refractivity contribution >= 4 is 6.08 Å². The molecule has 3 heteroatoms. The Morgan fingerprint density at radius 2 is 1.89 bits per heavy atom. The highest BCUT2D eigenvalue weighted by atomic mass is 15.3. The fraction of sp³-hybridized carbons (Fsp3) is 0.360. The van der Waals surface area contributed by atoms with Crippen molar-refractivity contribution in [3.8, 4) is 5.69 Å². The molecule has 2 aliphatic rings. The van der Waals surface area contributed by atoms with Crippen molar-refractivity contribution in [1.29, 1.82) is 0 Å². The van der Waals surface area contributed by atoms with Crippen LogP contribution in [0.5, 0.6) is 0 Å². The molecule has 2 aromatic heterocycles. The Hall–Kier alpha value is -2.68. The maximum Gasteiger partial charge on any atom is 0.0700 e. The van der Waals surface area contributed by atoms with Crippen LogP contribution in [0.25, 0.3) is 11.8 Å². The molecule has 2 atom stereocenters. The largest absolute Gasteiger partial charge is 0.265 e. The Bertz CT molecular complexity index is 1010. The summed E-state index contributed by atoms with van der Waals surface area (Å²) >= 11 is 0. The topological polar surface area (TPSA) is 30.7 Å². The first-order valence-electron chi connectivity index (χ1n) is 10.4. The fourth-order valence-corrected chi connectivity index (χ4v) is 5.17. The van der Waals surface area contributed by atoms with Gasteiger partial charge in [0, 0.05) is 12.4 Å². The maximum atomic E-state index is 4.76. The third-order valence-corrected chi connectivity index (χ3v) is 6.90. The van der Waals surface area contributed by atoms with Gasteiger partial charge in [0.15, 0.2) is 0 Å². The first-order chi connectivity index (χ1) is 13.6. The van der Waals surface area contributed by atoms with Gasteiger partial charge >= 0.3 is 0 Å². The highest BCUT2D eigenvalue weighted by Crippen LogP contribution is 2.52. The number of aromatic nitrogens is 3. The average molecular weight is 370 g/mol. The summed E-state index contributed by atoms with van der Waals surface area (Å²) < 4.78 is 2.12. The van der Waals surface area contributed by atoms with Crippen LogP contribution < -0.4 is 0 Å². The molecule has 3 aromatic rings. The normalized spacial score (nSPS) is 23.6. The summed E-state index contributed by atoms with van der Waals surface area (Å²) in [5, 5.41) is 4.76. The Kier molecular flexibility index (Phi) is 4.19. The molecule has 1 saturated carbocycles. The zero-order chi connectivity index (χ0) is 19.1. The molecule has 142 valence electrons. The molecule has 1 fully saturated rings. The van der Waals surface area contributed by atoms with Crippen LogP contribution in [-0.2, 0) is 12.8 Å². The molecule has 2 heterocycles. The first-order valence-corrected chi connectivity index (χ1v) is 10.4. The summed E-state index contributed by atoms with van der Waals surface area (Å²) in [7, 11) is 0. The van der Waals surface area contributed by atoms with Gasteiger partial charge in [0.25, 0.3) is 0 Å². The highest BCUT2D eigenvalue weighted by molar-refractivity contribution is 5.61. The van der Waals surface area contributed by atoms with Gasteiger partial charge in [-0.25, -0.2) is 4.68 Å². The number of aryl methyl sites for hydroxylation is 1. The Labute approximate surface area is 167 Å². The number of hydrogen-bond donors (Lipinski definition) is 0. The van der Waals surface area contributed by atoms with E-state index in [-0.39, 0.29) is 5.41 Å². The summed E-state index contributed by atoms with van der Waals surface area (Å²) in [5.74, 6) is 0.672.